The van der Waals surface area contributed by atoms with Gasteiger partial charge in [0, 0.05) is 0 Å². The third kappa shape index (κ3) is 4.78. The number of hydrogen-bond donors (Lipinski definition) is 1. The van der Waals surface area contributed by atoms with Gasteiger partial charge in [-0.15, -0.1) is 0 Å². The minimum atomic E-state index is -0.808. The largest absolute Gasteiger partial charge is 0.490 e. The number of carbonyl (C=O) groups is 3. The summed E-state index contributed by atoms with van der Waals surface area (Å²) in [6.45, 7) is 7.88. The van der Waals surface area contributed by atoms with Gasteiger partial charge >= 0.3 is 6.03 Å². The number of aryl methyl sites for hydroxylation is 1. The third-order valence-electron chi connectivity index (χ3n) is 4.38. The van der Waals surface area contributed by atoms with Crippen LogP contribution >= 0.6 is 11.6 Å². The number of hydrogen-bond acceptors (Lipinski definition) is 5. The van der Waals surface area contributed by atoms with Crippen LogP contribution in [0.4, 0.5) is 10.5 Å². The molecule has 3 rings (SSSR count). The number of nitrogens with zero attached hydrogens (tertiary/aromatic N) is 1. The van der Waals surface area contributed by atoms with E-state index >= 15 is 0 Å². The quantitative estimate of drug-likeness (QED) is 0.394. The second-order valence-corrected chi connectivity index (χ2v) is 7.06. The van der Waals surface area contributed by atoms with Gasteiger partial charge in [0.05, 0.1) is 17.3 Å². The lowest BCUT2D eigenvalue weighted by molar-refractivity contribution is -0.122. The predicted molar refractivity (Wildman–Crippen MR) is 118 cm³/mol. The van der Waals surface area contributed by atoms with Crippen LogP contribution in [0.15, 0.2) is 54.6 Å². The van der Waals surface area contributed by atoms with Crippen molar-refractivity contribution in [2.75, 3.05) is 18.1 Å². The molecule has 2 aromatic carbocycles. The van der Waals surface area contributed by atoms with Crippen molar-refractivity contribution in [2.24, 2.45) is 0 Å². The van der Waals surface area contributed by atoms with Crippen molar-refractivity contribution in [1.29, 1.82) is 0 Å². The number of nitrogens with one attached hydrogen (secondary N) is 1. The third-order valence-corrected chi connectivity index (χ3v) is 4.66. The summed E-state index contributed by atoms with van der Waals surface area (Å²) in [6.07, 6.45) is 2.93. The normalized spacial score (nSPS) is 15.1. The van der Waals surface area contributed by atoms with Gasteiger partial charge < -0.3 is 9.47 Å². The number of benzene rings is 2. The summed E-state index contributed by atoms with van der Waals surface area (Å²) >= 11 is 6.34. The highest BCUT2D eigenvalue weighted by atomic mass is 35.5. The molecule has 0 spiro atoms. The zero-order chi connectivity index (χ0) is 22.5. The Kier molecular flexibility index (Phi) is 6.77. The number of carbonyl (C=O) groups excluding carboxylic acids is 3. The molecule has 1 N–H and O–H groups in total. The number of barbiturate groups is 1. The molecule has 1 aliphatic heterocycles. The Morgan fingerprint density at radius 3 is 2.48 bits per heavy atom. The van der Waals surface area contributed by atoms with E-state index in [2.05, 4.69) is 11.9 Å². The Morgan fingerprint density at radius 2 is 1.84 bits per heavy atom. The van der Waals surface area contributed by atoms with Crippen LogP contribution in [0.1, 0.15) is 18.1 Å². The molecule has 0 radical (unpaired) electrons. The van der Waals surface area contributed by atoms with Crippen molar-refractivity contribution >= 4 is 41.2 Å². The molecule has 1 aliphatic rings. The molecule has 160 valence electrons. The van der Waals surface area contributed by atoms with Crippen LogP contribution in [-0.2, 0) is 9.59 Å². The fraction of sp³-hybridized carbons (Fsp3) is 0.174. The molecular formula is C23H21ClN2O5. The summed E-state index contributed by atoms with van der Waals surface area (Å²) in [7, 11) is 0. The van der Waals surface area contributed by atoms with Crippen LogP contribution < -0.4 is 19.7 Å². The molecule has 4 amide bonds. The highest BCUT2D eigenvalue weighted by molar-refractivity contribution is 6.39. The summed E-state index contributed by atoms with van der Waals surface area (Å²) in [5, 5.41) is 2.44. The maximum atomic E-state index is 13.0. The van der Waals surface area contributed by atoms with E-state index in [-0.39, 0.29) is 17.2 Å². The SMILES string of the molecule is C=CCOc1c(Cl)cc(/C=C2\C(=O)NC(=O)N(c3ccc(C)cc3)C2=O)cc1OCC. The van der Waals surface area contributed by atoms with Gasteiger partial charge in [-0.1, -0.05) is 42.0 Å². The van der Waals surface area contributed by atoms with Crippen LogP contribution in [0.3, 0.4) is 0 Å². The first-order valence-electron chi connectivity index (χ1n) is 9.53. The molecular weight excluding hydrogens is 420 g/mol. The van der Waals surface area contributed by atoms with Crippen molar-refractivity contribution in [1.82, 2.24) is 5.32 Å². The molecule has 31 heavy (non-hydrogen) atoms. The molecule has 1 fully saturated rings. The Balaban J connectivity index is 2.01. The molecule has 0 aromatic heterocycles. The number of halogens is 1. The highest BCUT2D eigenvalue weighted by Crippen LogP contribution is 2.37. The van der Waals surface area contributed by atoms with Gasteiger partial charge in [0.25, 0.3) is 11.8 Å². The summed E-state index contributed by atoms with van der Waals surface area (Å²) in [5.41, 5.74) is 1.56. The highest BCUT2D eigenvalue weighted by Gasteiger charge is 2.36. The van der Waals surface area contributed by atoms with Crippen molar-refractivity contribution in [3.05, 3.63) is 70.8 Å². The molecule has 0 bridgehead atoms. The minimum absolute atomic E-state index is 0.210. The summed E-state index contributed by atoms with van der Waals surface area (Å²) in [4.78, 5) is 38.7. The average molecular weight is 441 g/mol. The summed E-state index contributed by atoms with van der Waals surface area (Å²) in [6, 6.07) is 9.15. The molecule has 8 heteroatoms. The van der Waals surface area contributed by atoms with E-state index in [0.29, 0.717) is 29.4 Å². The Hall–Kier alpha value is -3.58. The molecule has 2 aromatic rings. The Bertz CT molecular complexity index is 1080. The second-order valence-electron chi connectivity index (χ2n) is 6.66. The number of urea groups is 1. The lowest BCUT2D eigenvalue weighted by Crippen LogP contribution is -2.54. The van der Waals surface area contributed by atoms with Gasteiger partial charge in [-0.2, -0.15) is 0 Å². The van der Waals surface area contributed by atoms with Crippen molar-refractivity contribution in [2.45, 2.75) is 13.8 Å². The van der Waals surface area contributed by atoms with Gasteiger partial charge in [-0.25, -0.2) is 9.69 Å². The van der Waals surface area contributed by atoms with Crippen molar-refractivity contribution in [3.8, 4) is 11.5 Å². The van der Waals surface area contributed by atoms with Crippen LogP contribution in [0.25, 0.3) is 6.08 Å². The fourth-order valence-electron chi connectivity index (χ4n) is 2.97. The maximum absolute atomic E-state index is 13.0. The molecule has 0 atom stereocenters. The van der Waals surface area contributed by atoms with E-state index in [4.69, 9.17) is 21.1 Å². The molecule has 0 unspecified atom stereocenters. The van der Waals surface area contributed by atoms with Crippen LogP contribution in [0.2, 0.25) is 5.02 Å². The fourth-order valence-corrected chi connectivity index (χ4v) is 3.24. The van der Waals surface area contributed by atoms with E-state index in [9.17, 15) is 14.4 Å². The van der Waals surface area contributed by atoms with E-state index in [1.54, 1.807) is 49.4 Å². The summed E-state index contributed by atoms with van der Waals surface area (Å²) in [5.74, 6) is -0.835. The molecule has 7 nitrogen and oxygen atoms in total. The Morgan fingerprint density at radius 1 is 1.13 bits per heavy atom. The first-order valence-corrected chi connectivity index (χ1v) is 9.91. The van der Waals surface area contributed by atoms with Gasteiger partial charge in [-0.3, -0.25) is 14.9 Å². The molecule has 1 heterocycles. The van der Waals surface area contributed by atoms with Gasteiger partial charge in [0.15, 0.2) is 11.5 Å². The zero-order valence-electron chi connectivity index (χ0n) is 17.1. The van der Waals surface area contributed by atoms with Crippen molar-refractivity contribution in [3.63, 3.8) is 0 Å². The first kappa shape index (κ1) is 22.1. The standard InChI is InChI=1S/C23H21ClN2O5/c1-4-10-31-20-18(24)12-15(13-19(20)30-5-2)11-17-21(27)25-23(29)26(22(17)28)16-8-6-14(3)7-9-16/h4,6-9,11-13H,1,5,10H2,2-3H3,(H,25,27,29)/b17-11+. The number of anilines is 1. The average Bonchev–Trinajstić information content (AvgIpc) is 2.72. The lowest BCUT2D eigenvalue weighted by Gasteiger charge is -2.26. The summed E-state index contributed by atoms with van der Waals surface area (Å²) < 4.78 is 11.2. The topological polar surface area (TPSA) is 84.9 Å². The maximum Gasteiger partial charge on any atom is 0.335 e. The molecule has 0 saturated carbocycles. The van der Waals surface area contributed by atoms with Gasteiger partial charge in [-0.05, 0) is 49.8 Å². The van der Waals surface area contributed by atoms with Crippen LogP contribution in [-0.4, -0.2) is 31.1 Å². The number of ether oxygens (including phenoxy) is 2. The monoisotopic (exact) mass is 440 g/mol. The molecule has 1 saturated heterocycles. The number of amides is 4. The van der Waals surface area contributed by atoms with Crippen LogP contribution in [0, 0.1) is 6.92 Å². The van der Waals surface area contributed by atoms with E-state index < -0.39 is 17.8 Å². The van der Waals surface area contributed by atoms with Crippen molar-refractivity contribution < 1.29 is 23.9 Å². The Labute approximate surface area is 184 Å². The second kappa shape index (κ2) is 9.49. The number of rotatable bonds is 7. The zero-order valence-corrected chi connectivity index (χ0v) is 17.9. The van der Waals surface area contributed by atoms with Gasteiger partial charge in [0.2, 0.25) is 0 Å². The smallest absolute Gasteiger partial charge is 0.335 e. The minimum Gasteiger partial charge on any atom is -0.490 e. The van der Waals surface area contributed by atoms with E-state index in [1.165, 1.54) is 6.08 Å². The van der Waals surface area contributed by atoms with E-state index in [1.807, 2.05) is 6.92 Å². The molecule has 0 aliphatic carbocycles. The predicted octanol–water partition coefficient (Wildman–Crippen LogP) is 4.28. The van der Waals surface area contributed by atoms with Gasteiger partial charge in [0.1, 0.15) is 12.2 Å². The van der Waals surface area contributed by atoms with E-state index in [0.717, 1.165) is 10.5 Å². The van der Waals surface area contributed by atoms with Crippen LogP contribution in [0.5, 0.6) is 11.5 Å². The first-order chi connectivity index (χ1) is 14.8. The number of imide groups is 2. The lowest BCUT2D eigenvalue weighted by atomic mass is 10.1.